The molecule has 9 heteroatoms. The molecule has 0 saturated carbocycles. The van der Waals surface area contributed by atoms with Gasteiger partial charge in [-0.3, -0.25) is 20.8 Å². The lowest BCUT2D eigenvalue weighted by molar-refractivity contribution is -0.307. The lowest BCUT2D eigenvalue weighted by Crippen LogP contribution is -2.31. The van der Waals surface area contributed by atoms with Crippen molar-refractivity contribution in [1.29, 1.82) is 0 Å². The first-order chi connectivity index (χ1) is 5.91. The third kappa shape index (κ3) is 7.27. The summed E-state index contributed by atoms with van der Waals surface area (Å²) in [5, 5.41) is 31.4. The summed E-state index contributed by atoms with van der Waals surface area (Å²) in [7, 11) is 0. The average Bonchev–Trinajstić information content (AvgIpc) is 1.80. The van der Waals surface area contributed by atoms with Crippen molar-refractivity contribution in [3.63, 3.8) is 0 Å². The van der Waals surface area contributed by atoms with Crippen molar-refractivity contribution in [2.24, 2.45) is 0 Å². The maximum Gasteiger partial charge on any atom is 0.332 e. The highest BCUT2D eigenvalue weighted by atomic mass is 16.8. The summed E-state index contributed by atoms with van der Waals surface area (Å²) < 4.78 is 3.87. The predicted molar refractivity (Wildman–Crippen MR) is 31.7 cm³/mol. The monoisotopic (exact) mass is 196 g/mol. The number of hydrogen-bond donors (Lipinski definition) is 4. The molecule has 0 amide bonds. The summed E-state index contributed by atoms with van der Waals surface area (Å²) in [5.41, 5.74) is 0. The van der Waals surface area contributed by atoms with Crippen LogP contribution in [0, 0.1) is 0 Å². The first-order valence-corrected chi connectivity index (χ1v) is 2.96. The highest BCUT2D eigenvalue weighted by molar-refractivity contribution is 5.87. The van der Waals surface area contributed by atoms with Crippen molar-refractivity contribution in [2.75, 3.05) is 13.1 Å². The van der Waals surface area contributed by atoms with E-state index in [2.05, 4.69) is 4.74 Å². The summed E-state index contributed by atoms with van der Waals surface area (Å²) in [6.07, 6.45) is 0. The van der Waals surface area contributed by atoms with Gasteiger partial charge in [0, 0.05) is 0 Å². The number of hydroxylamine groups is 4. The molecule has 0 heterocycles. The van der Waals surface area contributed by atoms with Gasteiger partial charge in [0.1, 0.15) is 13.1 Å². The van der Waals surface area contributed by atoms with E-state index in [4.69, 9.17) is 20.8 Å². The number of ether oxygens (including phenoxy) is 1. The fraction of sp³-hybridized carbons (Fsp3) is 0.500. The highest BCUT2D eigenvalue weighted by Crippen LogP contribution is 1.85. The van der Waals surface area contributed by atoms with Crippen molar-refractivity contribution in [3.8, 4) is 0 Å². The van der Waals surface area contributed by atoms with E-state index in [9.17, 15) is 9.59 Å². The van der Waals surface area contributed by atoms with Crippen molar-refractivity contribution in [3.05, 3.63) is 0 Å². The Hall–Kier alpha value is -1.10. The van der Waals surface area contributed by atoms with Gasteiger partial charge in [0.2, 0.25) is 0 Å². The third-order valence-electron chi connectivity index (χ3n) is 0.769. The molecule has 0 atom stereocenters. The van der Waals surface area contributed by atoms with Crippen molar-refractivity contribution in [2.45, 2.75) is 0 Å². The van der Waals surface area contributed by atoms with Crippen LogP contribution in [0.1, 0.15) is 0 Å². The van der Waals surface area contributed by atoms with Gasteiger partial charge in [-0.25, -0.2) is 9.59 Å². The molecule has 0 spiro atoms. The number of carbonyl (C=O) groups excluding carboxylic acids is 2. The minimum Gasteiger partial charge on any atom is -0.391 e. The molecule has 0 rings (SSSR count). The second-order valence-corrected chi connectivity index (χ2v) is 1.91. The van der Waals surface area contributed by atoms with Crippen LogP contribution >= 0.6 is 0 Å². The standard InChI is InChI=1S/C4H8N2O7/c7-3(1-5(9)10)13-4(8)2-6(11)12/h9-12H,1-2H2. The summed E-state index contributed by atoms with van der Waals surface area (Å²) in [6, 6.07) is 0. The van der Waals surface area contributed by atoms with E-state index >= 15 is 0 Å². The van der Waals surface area contributed by atoms with Gasteiger partial charge in [0.25, 0.3) is 0 Å². The van der Waals surface area contributed by atoms with Crippen LogP contribution in [0.2, 0.25) is 0 Å². The zero-order valence-corrected chi connectivity index (χ0v) is 6.32. The Balaban J connectivity index is 3.72. The molecular weight excluding hydrogens is 188 g/mol. The molecule has 0 radical (unpaired) electrons. The molecule has 0 aromatic carbocycles. The molecule has 0 aromatic rings. The van der Waals surface area contributed by atoms with Crippen LogP contribution in [0.4, 0.5) is 0 Å². The van der Waals surface area contributed by atoms with Gasteiger partial charge in [-0.1, -0.05) is 10.5 Å². The second kappa shape index (κ2) is 5.53. The van der Waals surface area contributed by atoms with Gasteiger partial charge in [-0.05, 0) is 0 Å². The second-order valence-electron chi connectivity index (χ2n) is 1.91. The van der Waals surface area contributed by atoms with Crippen molar-refractivity contribution >= 4 is 11.9 Å². The van der Waals surface area contributed by atoms with E-state index in [0.717, 1.165) is 0 Å². The molecule has 0 aliphatic rings. The van der Waals surface area contributed by atoms with Gasteiger partial charge < -0.3 is 4.74 Å². The van der Waals surface area contributed by atoms with E-state index in [1.165, 1.54) is 0 Å². The first-order valence-electron chi connectivity index (χ1n) is 2.96. The van der Waals surface area contributed by atoms with Gasteiger partial charge >= 0.3 is 11.9 Å². The van der Waals surface area contributed by atoms with Crippen LogP contribution in [0.3, 0.4) is 0 Å². The molecule has 0 aliphatic heterocycles. The molecule has 0 aromatic heterocycles. The van der Waals surface area contributed by atoms with Gasteiger partial charge in [-0.15, -0.1) is 0 Å². The Labute approximate surface area is 71.8 Å². The van der Waals surface area contributed by atoms with Crippen LogP contribution in [-0.4, -0.2) is 56.3 Å². The minimum atomic E-state index is -1.24. The summed E-state index contributed by atoms with van der Waals surface area (Å²) >= 11 is 0. The molecule has 0 bridgehead atoms. The molecule has 13 heavy (non-hydrogen) atoms. The van der Waals surface area contributed by atoms with E-state index in [1.807, 2.05) is 0 Å². The SMILES string of the molecule is O=C(CN(O)O)OC(=O)CN(O)O. The molecule has 0 unspecified atom stereocenters. The van der Waals surface area contributed by atoms with Crippen LogP contribution in [0.25, 0.3) is 0 Å². The van der Waals surface area contributed by atoms with Crippen LogP contribution in [0.5, 0.6) is 0 Å². The van der Waals surface area contributed by atoms with Gasteiger partial charge in [0.05, 0.1) is 0 Å². The Morgan fingerprint density at radius 2 is 1.23 bits per heavy atom. The largest absolute Gasteiger partial charge is 0.391 e. The molecule has 0 saturated heterocycles. The maximum atomic E-state index is 10.5. The van der Waals surface area contributed by atoms with Gasteiger partial charge in [0.15, 0.2) is 0 Å². The maximum absolute atomic E-state index is 10.5. The van der Waals surface area contributed by atoms with E-state index < -0.39 is 35.5 Å². The van der Waals surface area contributed by atoms with Crippen LogP contribution in [0.15, 0.2) is 0 Å². The molecule has 0 aliphatic carbocycles. The first kappa shape index (κ1) is 11.9. The number of carbonyl (C=O) groups is 2. The van der Waals surface area contributed by atoms with E-state index in [0.29, 0.717) is 0 Å². The Bertz CT molecular complexity index is 171. The Morgan fingerprint density at radius 3 is 1.46 bits per heavy atom. The minimum absolute atomic E-state index is 0.481. The van der Waals surface area contributed by atoms with E-state index in [-0.39, 0.29) is 0 Å². The molecule has 0 fully saturated rings. The fourth-order valence-electron chi connectivity index (χ4n) is 0.422. The Morgan fingerprint density at radius 1 is 0.923 bits per heavy atom. The fourth-order valence-corrected chi connectivity index (χ4v) is 0.422. The molecule has 4 N–H and O–H groups in total. The normalized spacial score (nSPS) is 10.6. The number of hydrogen-bond acceptors (Lipinski definition) is 9. The van der Waals surface area contributed by atoms with Crippen LogP contribution in [-0.2, 0) is 14.3 Å². The average molecular weight is 196 g/mol. The van der Waals surface area contributed by atoms with Gasteiger partial charge in [-0.2, -0.15) is 0 Å². The summed E-state index contributed by atoms with van der Waals surface area (Å²) in [4.78, 5) is 20.9. The number of nitrogens with zero attached hydrogens (tertiary/aromatic N) is 2. The smallest absolute Gasteiger partial charge is 0.332 e. The quantitative estimate of drug-likeness (QED) is 0.234. The third-order valence-corrected chi connectivity index (χ3v) is 0.769. The Kier molecular flexibility index (Phi) is 5.06. The molecule has 76 valence electrons. The predicted octanol–water partition coefficient (Wildman–Crippen LogP) is -1.78. The van der Waals surface area contributed by atoms with Crippen molar-refractivity contribution in [1.82, 2.24) is 10.5 Å². The summed E-state index contributed by atoms with van der Waals surface area (Å²) in [5.74, 6) is -2.48. The lowest BCUT2D eigenvalue weighted by atomic mass is 10.6. The van der Waals surface area contributed by atoms with E-state index in [1.54, 1.807) is 0 Å². The zero-order valence-electron chi connectivity index (χ0n) is 6.32. The molecular formula is C4H8N2O7. The topological polar surface area (TPSA) is 131 Å². The highest BCUT2D eigenvalue weighted by Gasteiger charge is 2.14. The zero-order chi connectivity index (χ0) is 10.4. The van der Waals surface area contributed by atoms with Crippen molar-refractivity contribution < 1.29 is 35.2 Å². The van der Waals surface area contributed by atoms with Crippen LogP contribution < -0.4 is 0 Å². The molecule has 9 nitrogen and oxygen atoms in total. The number of rotatable bonds is 4. The summed E-state index contributed by atoms with van der Waals surface area (Å²) in [6.45, 7) is -1.86. The lowest BCUT2D eigenvalue weighted by Gasteiger charge is -2.06. The number of esters is 2.